The van der Waals surface area contributed by atoms with Crippen LogP contribution < -0.4 is 4.74 Å². The van der Waals surface area contributed by atoms with Crippen LogP contribution in [-0.2, 0) is 6.42 Å². The Kier molecular flexibility index (Phi) is 4.73. The van der Waals surface area contributed by atoms with Crippen LogP contribution in [0.1, 0.15) is 17.2 Å². The molecule has 0 saturated carbocycles. The van der Waals surface area contributed by atoms with E-state index in [1.165, 1.54) is 37.4 Å². The molecular formula is C15H13BrF2O2. The molecule has 2 nitrogen and oxygen atoms in total. The number of hydrogen-bond acceptors (Lipinski definition) is 2. The molecule has 0 bridgehead atoms. The Morgan fingerprint density at radius 2 is 1.95 bits per heavy atom. The molecule has 1 unspecified atom stereocenters. The van der Waals surface area contributed by atoms with Gasteiger partial charge in [-0.25, -0.2) is 8.78 Å². The summed E-state index contributed by atoms with van der Waals surface area (Å²) in [6.45, 7) is 0. The van der Waals surface area contributed by atoms with Crippen LogP contribution in [0.25, 0.3) is 0 Å². The summed E-state index contributed by atoms with van der Waals surface area (Å²) in [5.41, 5.74) is 1.19. The standard InChI is InChI=1S/C15H13BrF2O2/c1-20-15-5-2-9(6-13(15)18)7-14(19)11-4-3-10(17)8-12(11)16/h2-6,8,14,19H,7H2,1H3. The number of aliphatic hydroxyl groups is 1. The third-order valence-electron chi connectivity index (χ3n) is 2.97. The van der Waals surface area contributed by atoms with Gasteiger partial charge in [-0.3, -0.25) is 0 Å². The van der Waals surface area contributed by atoms with Gasteiger partial charge in [0.2, 0.25) is 0 Å². The van der Waals surface area contributed by atoms with Crippen molar-refractivity contribution >= 4 is 15.9 Å². The zero-order valence-electron chi connectivity index (χ0n) is 10.7. The first-order valence-corrected chi connectivity index (χ1v) is 6.76. The molecule has 2 aromatic carbocycles. The number of benzene rings is 2. The molecule has 1 N–H and O–H groups in total. The van der Waals surface area contributed by atoms with E-state index in [9.17, 15) is 13.9 Å². The van der Waals surface area contributed by atoms with Crippen molar-refractivity contribution in [2.45, 2.75) is 12.5 Å². The second-order valence-corrected chi connectivity index (χ2v) is 5.21. The lowest BCUT2D eigenvalue weighted by molar-refractivity contribution is 0.177. The van der Waals surface area contributed by atoms with Crippen molar-refractivity contribution in [2.24, 2.45) is 0 Å². The molecule has 2 aromatic rings. The number of methoxy groups -OCH3 is 1. The first-order chi connectivity index (χ1) is 9.51. The number of aliphatic hydroxyl groups excluding tert-OH is 1. The minimum Gasteiger partial charge on any atom is -0.494 e. The highest BCUT2D eigenvalue weighted by Gasteiger charge is 2.14. The highest BCUT2D eigenvalue weighted by Crippen LogP contribution is 2.28. The van der Waals surface area contributed by atoms with E-state index < -0.39 is 11.9 Å². The Labute approximate surface area is 124 Å². The van der Waals surface area contributed by atoms with Gasteiger partial charge in [-0.2, -0.15) is 0 Å². The van der Waals surface area contributed by atoms with E-state index in [0.29, 0.717) is 15.6 Å². The maximum Gasteiger partial charge on any atom is 0.165 e. The Morgan fingerprint density at radius 3 is 2.55 bits per heavy atom. The highest BCUT2D eigenvalue weighted by molar-refractivity contribution is 9.10. The van der Waals surface area contributed by atoms with Gasteiger partial charge in [-0.1, -0.05) is 28.1 Å². The Morgan fingerprint density at radius 1 is 1.20 bits per heavy atom. The van der Waals surface area contributed by atoms with Crippen LogP contribution >= 0.6 is 15.9 Å². The molecule has 0 aliphatic rings. The molecule has 0 saturated heterocycles. The lowest BCUT2D eigenvalue weighted by Crippen LogP contribution is -2.03. The Bertz CT molecular complexity index is 617. The topological polar surface area (TPSA) is 29.5 Å². The molecule has 0 aliphatic carbocycles. The average Bonchev–Trinajstić information content (AvgIpc) is 2.38. The zero-order chi connectivity index (χ0) is 14.7. The molecule has 0 amide bonds. The minimum atomic E-state index is -0.849. The average molecular weight is 343 g/mol. The molecule has 0 fully saturated rings. The van der Waals surface area contributed by atoms with Crippen LogP contribution in [0.15, 0.2) is 40.9 Å². The molecule has 0 aromatic heterocycles. The second kappa shape index (κ2) is 6.33. The van der Waals surface area contributed by atoms with E-state index in [0.717, 1.165) is 0 Å². The molecular weight excluding hydrogens is 330 g/mol. The number of halogens is 3. The third-order valence-corrected chi connectivity index (χ3v) is 3.65. The Hall–Kier alpha value is -1.46. The van der Waals surface area contributed by atoms with Crippen LogP contribution in [0.3, 0.4) is 0 Å². The van der Waals surface area contributed by atoms with Crippen LogP contribution in [0, 0.1) is 11.6 Å². The molecule has 0 radical (unpaired) electrons. The van der Waals surface area contributed by atoms with Crippen LogP contribution in [-0.4, -0.2) is 12.2 Å². The van der Waals surface area contributed by atoms with Crippen molar-refractivity contribution in [3.63, 3.8) is 0 Å². The summed E-state index contributed by atoms with van der Waals surface area (Å²) in [7, 11) is 1.39. The van der Waals surface area contributed by atoms with Crippen molar-refractivity contribution in [2.75, 3.05) is 7.11 Å². The maximum absolute atomic E-state index is 13.6. The van der Waals surface area contributed by atoms with Crippen LogP contribution in [0.4, 0.5) is 8.78 Å². The van der Waals surface area contributed by atoms with Gasteiger partial charge in [-0.05, 0) is 35.4 Å². The molecule has 0 spiro atoms. The molecule has 0 aliphatic heterocycles. The van der Waals surface area contributed by atoms with Gasteiger partial charge < -0.3 is 9.84 Å². The monoisotopic (exact) mass is 342 g/mol. The molecule has 20 heavy (non-hydrogen) atoms. The summed E-state index contributed by atoms with van der Waals surface area (Å²) in [5, 5.41) is 10.2. The van der Waals surface area contributed by atoms with Crippen molar-refractivity contribution in [1.29, 1.82) is 0 Å². The number of ether oxygens (including phenoxy) is 1. The van der Waals surface area contributed by atoms with E-state index in [2.05, 4.69) is 15.9 Å². The van der Waals surface area contributed by atoms with E-state index in [4.69, 9.17) is 4.74 Å². The zero-order valence-corrected chi connectivity index (χ0v) is 12.3. The lowest BCUT2D eigenvalue weighted by atomic mass is 10.0. The van der Waals surface area contributed by atoms with E-state index in [1.807, 2.05) is 0 Å². The van der Waals surface area contributed by atoms with Gasteiger partial charge in [0.05, 0.1) is 13.2 Å². The van der Waals surface area contributed by atoms with Gasteiger partial charge in [0.15, 0.2) is 11.6 Å². The molecule has 106 valence electrons. The van der Waals surface area contributed by atoms with Crippen molar-refractivity contribution < 1.29 is 18.6 Å². The summed E-state index contributed by atoms with van der Waals surface area (Å²) in [6, 6.07) is 8.58. The maximum atomic E-state index is 13.6. The fraction of sp³-hybridized carbons (Fsp3) is 0.200. The predicted molar refractivity (Wildman–Crippen MR) is 75.7 cm³/mol. The normalized spacial score (nSPS) is 12.2. The van der Waals surface area contributed by atoms with Crippen molar-refractivity contribution in [3.05, 3.63) is 63.6 Å². The lowest BCUT2D eigenvalue weighted by Gasteiger charge is -2.13. The van der Waals surface area contributed by atoms with Crippen LogP contribution in [0.2, 0.25) is 0 Å². The first kappa shape index (κ1) is 14.9. The molecule has 1 atom stereocenters. The second-order valence-electron chi connectivity index (χ2n) is 4.35. The first-order valence-electron chi connectivity index (χ1n) is 5.96. The van der Waals surface area contributed by atoms with Gasteiger partial charge >= 0.3 is 0 Å². The summed E-state index contributed by atoms with van der Waals surface area (Å²) in [5.74, 6) is -0.704. The van der Waals surface area contributed by atoms with Crippen molar-refractivity contribution in [1.82, 2.24) is 0 Å². The fourth-order valence-corrected chi connectivity index (χ4v) is 2.56. The fourth-order valence-electron chi connectivity index (χ4n) is 1.94. The summed E-state index contributed by atoms with van der Waals surface area (Å²) in [6.07, 6.45) is -0.622. The number of rotatable bonds is 4. The number of hydrogen-bond donors (Lipinski definition) is 1. The Balaban J connectivity index is 2.18. The highest BCUT2D eigenvalue weighted by atomic mass is 79.9. The minimum absolute atomic E-state index is 0.159. The quantitative estimate of drug-likeness (QED) is 0.909. The molecule has 0 heterocycles. The predicted octanol–water partition coefficient (Wildman–Crippen LogP) is 4.01. The van der Waals surface area contributed by atoms with Crippen LogP contribution in [0.5, 0.6) is 5.75 Å². The van der Waals surface area contributed by atoms with Gasteiger partial charge in [0.25, 0.3) is 0 Å². The molecule has 5 heteroatoms. The van der Waals surface area contributed by atoms with E-state index >= 15 is 0 Å². The summed E-state index contributed by atoms with van der Waals surface area (Å²) >= 11 is 3.20. The largest absolute Gasteiger partial charge is 0.494 e. The summed E-state index contributed by atoms with van der Waals surface area (Å²) in [4.78, 5) is 0. The third kappa shape index (κ3) is 3.35. The van der Waals surface area contributed by atoms with E-state index in [-0.39, 0.29) is 18.0 Å². The smallest absolute Gasteiger partial charge is 0.165 e. The van der Waals surface area contributed by atoms with E-state index in [1.54, 1.807) is 6.07 Å². The van der Waals surface area contributed by atoms with Gasteiger partial charge in [0, 0.05) is 10.9 Å². The van der Waals surface area contributed by atoms with Gasteiger partial charge in [0.1, 0.15) is 5.82 Å². The van der Waals surface area contributed by atoms with Crippen molar-refractivity contribution in [3.8, 4) is 5.75 Å². The SMILES string of the molecule is COc1ccc(CC(O)c2ccc(F)cc2Br)cc1F. The molecule has 2 rings (SSSR count). The summed E-state index contributed by atoms with van der Waals surface area (Å²) < 4.78 is 31.9. The van der Waals surface area contributed by atoms with Gasteiger partial charge in [-0.15, -0.1) is 0 Å².